The topological polar surface area (TPSA) is 58.9 Å². The van der Waals surface area contributed by atoms with Crippen molar-refractivity contribution in [2.24, 2.45) is 4.99 Å². The highest BCUT2D eigenvalue weighted by Crippen LogP contribution is 2.33. The van der Waals surface area contributed by atoms with Crippen molar-refractivity contribution in [2.75, 3.05) is 13.4 Å². The Kier molecular flexibility index (Phi) is 7.81. The number of hydrogen-bond acceptors (Lipinski definition) is 6. The SMILES string of the molecule is COC(=O)C(=CO)c1ccccc1C(S)CC(=Nc1ccccc1)SC. The summed E-state index contributed by atoms with van der Waals surface area (Å²) in [5.74, 6) is -0.594. The standard InChI is InChI=1S/C20H21NO3S2/c1-24-20(23)17(13-22)15-10-6-7-11-16(15)18(25)12-19(26-2)21-14-8-4-3-5-9-14/h3-11,13,18,22,25H,12H2,1-2H3. The van der Waals surface area contributed by atoms with Crippen molar-refractivity contribution in [3.8, 4) is 0 Å². The van der Waals surface area contributed by atoms with E-state index in [9.17, 15) is 9.90 Å². The van der Waals surface area contributed by atoms with E-state index in [1.54, 1.807) is 23.9 Å². The van der Waals surface area contributed by atoms with Gasteiger partial charge in [-0.2, -0.15) is 12.6 Å². The summed E-state index contributed by atoms with van der Waals surface area (Å²) in [6, 6.07) is 17.1. The van der Waals surface area contributed by atoms with Crippen LogP contribution in [0.25, 0.3) is 5.57 Å². The number of methoxy groups -OCH3 is 1. The number of para-hydroxylation sites is 1. The predicted octanol–water partition coefficient (Wildman–Crippen LogP) is 5.21. The van der Waals surface area contributed by atoms with Crippen LogP contribution in [0.5, 0.6) is 0 Å². The van der Waals surface area contributed by atoms with E-state index >= 15 is 0 Å². The molecule has 0 bridgehead atoms. The van der Waals surface area contributed by atoms with Crippen LogP contribution < -0.4 is 0 Å². The molecule has 1 unspecified atom stereocenters. The minimum absolute atomic E-state index is 0.104. The number of thiol groups is 1. The molecule has 0 saturated heterocycles. The Hall–Kier alpha value is -2.18. The number of nitrogens with zero attached hydrogens (tertiary/aromatic N) is 1. The number of hydrogen-bond donors (Lipinski definition) is 2. The Bertz CT molecular complexity index is 804. The van der Waals surface area contributed by atoms with Crippen LogP contribution in [0, 0.1) is 0 Å². The van der Waals surface area contributed by atoms with Gasteiger partial charge < -0.3 is 9.84 Å². The van der Waals surface area contributed by atoms with Crippen LogP contribution in [0.15, 0.2) is 65.9 Å². The number of aliphatic hydroxyl groups excluding tert-OH is 1. The summed E-state index contributed by atoms with van der Waals surface area (Å²) >= 11 is 6.29. The summed E-state index contributed by atoms with van der Waals surface area (Å²) in [5.41, 5.74) is 2.42. The molecule has 4 nitrogen and oxygen atoms in total. The number of benzene rings is 2. The second-order valence-electron chi connectivity index (χ2n) is 5.39. The molecule has 26 heavy (non-hydrogen) atoms. The van der Waals surface area contributed by atoms with Gasteiger partial charge >= 0.3 is 5.97 Å². The molecule has 0 aliphatic rings. The highest BCUT2D eigenvalue weighted by Gasteiger charge is 2.20. The first-order valence-corrected chi connectivity index (χ1v) is 9.71. The van der Waals surface area contributed by atoms with Crippen molar-refractivity contribution in [1.82, 2.24) is 0 Å². The molecule has 0 aromatic heterocycles. The van der Waals surface area contributed by atoms with E-state index in [1.807, 2.05) is 48.7 Å². The molecule has 2 rings (SSSR count). The summed E-state index contributed by atoms with van der Waals surface area (Å²) < 4.78 is 4.75. The van der Waals surface area contributed by atoms with E-state index in [2.05, 4.69) is 4.99 Å². The molecular weight excluding hydrogens is 366 g/mol. The molecule has 0 fully saturated rings. The van der Waals surface area contributed by atoms with Crippen molar-refractivity contribution >= 4 is 46.7 Å². The lowest BCUT2D eigenvalue weighted by Crippen LogP contribution is -2.08. The molecule has 2 aromatic carbocycles. The van der Waals surface area contributed by atoms with Crippen molar-refractivity contribution in [3.05, 3.63) is 72.0 Å². The van der Waals surface area contributed by atoms with Crippen molar-refractivity contribution in [2.45, 2.75) is 11.7 Å². The van der Waals surface area contributed by atoms with Crippen LogP contribution in [-0.4, -0.2) is 29.5 Å². The maximum absolute atomic E-state index is 11.9. The average Bonchev–Trinajstić information content (AvgIpc) is 2.68. The average molecular weight is 388 g/mol. The monoisotopic (exact) mass is 387 g/mol. The summed E-state index contributed by atoms with van der Waals surface area (Å²) in [4.78, 5) is 16.6. The van der Waals surface area contributed by atoms with Gasteiger partial charge in [0, 0.05) is 11.7 Å². The van der Waals surface area contributed by atoms with Gasteiger partial charge in [0.15, 0.2) is 0 Å². The molecule has 0 amide bonds. The first-order chi connectivity index (χ1) is 12.6. The Morgan fingerprint density at radius 1 is 1.23 bits per heavy atom. The third-order valence-corrected chi connectivity index (χ3v) is 4.95. The second kappa shape index (κ2) is 10.1. The molecule has 2 aromatic rings. The Labute approximate surface area is 163 Å². The van der Waals surface area contributed by atoms with Crippen LogP contribution in [0.1, 0.15) is 22.8 Å². The van der Waals surface area contributed by atoms with Gasteiger partial charge in [-0.15, -0.1) is 11.8 Å². The van der Waals surface area contributed by atoms with Gasteiger partial charge in [-0.25, -0.2) is 9.79 Å². The number of carbonyl (C=O) groups excluding carboxylic acids is 1. The fourth-order valence-electron chi connectivity index (χ4n) is 2.47. The number of aliphatic hydroxyl groups is 1. The van der Waals surface area contributed by atoms with Gasteiger partial charge in [0.2, 0.25) is 0 Å². The largest absolute Gasteiger partial charge is 0.515 e. The lowest BCUT2D eigenvalue weighted by molar-refractivity contribution is -0.133. The van der Waals surface area contributed by atoms with E-state index in [0.717, 1.165) is 22.6 Å². The summed E-state index contributed by atoms with van der Waals surface area (Å²) in [5, 5.41) is 10.2. The minimum atomic E-state index is -0.594. The number of carbonyl (C=O) groups is 1. The van der Waals surface area contributed by atoms with Crippen LogP contribution in [0.2, 0.25) is 0 Å². The molecule has 0 saturated carbocycles. The predicted molar refractivity (Wildman–Crippen MR) is 112 cm³/mol. The van der Waals surface area contributed by atoms with Gasteiger partial charge in [-0.05, 0) is 29.5 Å². The van der Waals surface area contributed by atoms with Gasteiger partial charge in [0.05, 0.1) is 24.1 Å². The Balaban J connectivity index is 2.31. The normalized spacial score (nSPS) is 13.3. The smallest absolute Gasteiger partial charge is 0.341 e. The summed E-state index contributed by atoms with van der Waals surface area (Å²) in [6.07, 6.45) is 3.34. The molecule has 136 valence electrons. The molecule has 0 radical (unpaired) electrons. The van der Waals surface area contributed by atoms with Crippen LogP contribution in [-0.2, 0) is 9.53 Å². The number of thioether (sulfide) groups is 1. The van der Waals surface area contributed by atoms with Gasteiger partial charge in [-0.3, -0.25) is 0 Å². The van der Waals surface area contributed by atoms with E-state index < -0.39 is 5.97 Å². The van der Waals surface area contributed by atoms with Gasteiger partial charge in [0.1, 0.15) is 5.57 Å². The zero-order valence-electron chi connectivity index (χ0n) is 14.6. The highest BCUT2D eigenvalue weighted by molar-refractivity contribution is 8.13. The van der Waals surface area contributed by atoms with E-state index in [4.69, 9.17) is 17.4 Å². The lowest BCUT2D eigenvalue weighted by Gasteiger charge is -2.17. The molecule has 0 aliphatic carbocycles. The van der Waals surface area contributed by atoms with E-state index in [1.165, 1.54) is 7.11 Å². The summed E-state index contributed by atoms with van der Waals surface area (Å²) in [7, 11) is 1.28. The number of rotatable bonds is 6. The van der Waals surface area contributed by atoms with Crippen molar-refractivity contribution in [3.63, 3.8) is 0 Å². The Morgan fingerprint density at radius 3 is 2.50 bits per heavy atom. The molecule has 0 spiro atoms. The minimum Gasteiger partial charge on any atom is -0.515 e. The van der Waals surface area contributed by atoms with Gasteiger partial charge in [-0.1, -0.05) is 42.5 Å². The first kappa shape index (κ1) is 20.1. The van der Waals surface area contributed by atoms with Crippen LogP contribution in [0.4, 0.5) is 5.69 Å². The number of ether oxygens (including phenoxy) is 1. The van der Waals surface area contributed by atoms with Crippen LogP contribution >= 0.6 is 24.4 Å². The fourth-order valence-corrected chi connectivity index (χ4v) is 3.52. The lowest BCUT2D eigenvalue weighted by atomic mass is 9.97. The molecule has 0 aliphatic heterocycles. The van der Waals surface area contributed by atoms with E-state index in [-0.39, 0.29) is 10.8 Å². The fraction of sp³-hybridized carbons (Fsp3) is 0.200. The second-order valence-corrected chi connectivity index (χ2v) is 6.89. The molecule has 6 heteroatoms. The summed E-state index contributed by atoms with van der Waals surface area (Å²) in [6.45, 7) is 0. The highest BCUT2D eigenvalue weighted by atomic mass is 32.2. The number of esters is 1. The molecule has 1 atom stereocenters. The first-order valence-electron chi connectivity index (χ1n) is 7.97. The zero-order valence-corrected chi connectivity index (χ0v) is 16.3. The van der Waals surface area contributed by atoms with Crippen molar-refractivity contribution < 1.29 is 14.6 Å². The number of aliphatic imine (C=N–C) groups is 1. The quantitative estimate of drug-likeness (QED) is 0.178. The van der Waals surface area contributed by atoms with Crippen molar-refractivity contribution in [1.29, 1.82) is 0 Å². The molecular formula is C20H21NO3S2. The third kappa shape index (κ3) is 5.16. The van der Waals surface area contributed by atoms with E-state index in [0.29, 0.717) is 12.0 Å². The molecule has 0 heterocycles. The van der Waals surface area contributed by atoms with Crippen LogP contribution in [0.3, 0.4) is 0 Å². The maximum Gasteiger partial charge on any atom is 0.341 e. The maximum atomic E-state index is 11.9. The van der Waals surface area contributed by atoms with Gasteiger partial charge in [0.25, 0.3) is 0 Å². The third-order valence-electron chi connectivity index (χ3n) is 3.76. The molecule has 1 N–H and O–H groups in total. The Morgan fingerprint density at radius 2 is 1.88 bits per heavy atom. The zero-order chi connectivity index (χ0) is 18.9.